The summed E-state index contributed by atoms with van der Waals surface area (Å²) >= 11 is 6.24. The van der Waals surface area contributed by atoms with Crippen LogP contribution in [0.1, 0.15) is 25.5 Å². The van der Waals surface area contributed by atoms with Gasteiger partial charge in [-0.25, -0.2) is 5.01 Å². The summed E-state index contributed by atoms with van der Waals surface area (Å²) in [5, 5.41) is 16.8. The van der Waals surface area contributed by atoms with E-state index >= 15 is 0 Å². The number of halogens is 1. The minimum atomic E-state index is -1.01. The highest BCUT2D eigenvalue weighted by atomic mass is 35.5. The van der Waals surface area contributed by atoms with Crippen molar-refractivity contribution in [3.63, 3.8) is 0 Å². The van der Waals surface area contributed by atoms with Crippen molar-refractivity contribution >= 4 is 29.2 Å². The van der Waals surface area contributed by atoms with Crippen LogP contribution >= 0.6 is 11.6 Å². The van der Waals surface area contributed by atoms with Gasteiger partial charge in [-0.3, -0.25) is 19.3 Å². The monoisotopic (exact) mass is 326 g/mol. The predicted molar refractivity (Wildman–Crippen MR) is 82.6 cm³/mol. The number of carboxylic acid groups (broad SMARTS) is 1. The normalized spacial score (nSPS) is 15.5. The van der Waals surface area contributed by atoms with Crippen LogP contribution < -0.4 is 5.01 Å². The molecule has 2 heterocycles. The highest BCUT2D eigenvalue weighted by Gasteiger charge is 2.31. The Kier molecular flexibility index (Phi) is 4.46. The molecule has 1 aliphatic rings. The second-order valence-corrected chi connectivity index (χ2v) is 5.74. The minimum Gasteiger partial charge on any atom is -0.481 e. The summed E-state index contributed by atoms with van der Waals surface area (Å²) < 4.78 is 1.54. The van der Waals surface area contributed by atoms with E-state index in [4.69, 9.17) is 16.7 Å². The van der Waals surface area contributed by atoms with Crippen LogP contribution in [-0.2, 0) is 16.6 Å². The average Bonchev–Trinajstić information content (AvgIpc) is 2.67. The quantitative estimate of drug-likeness (QED) is 0.912. The first-order valence-corrected chi connectivity index (χ1v) is 7.26. The van der Waals surface area contributed by atoms with Gasteiger partial charge in [-0.1, -0.05) is 17.2 Å². The Morgan fingerprint density at radius 3 is 2.59 bits per heavy atom. The highest BCUT2D eigenvalue weighted by Crippen LogP contribution is 2.31. The van der Waals surface area contributed by atoms with Gasteiger partial charge < -0.3 is 5.11 Å². The third-order valence-corrected chi connectivity index (χ3v) is 4.27. The Morgan fingerprint density at radius 1 is 1.45 bits per heavy atom. The number of carbonyl (C=O) groups is 2. The third-order valence-electron chi connectivity index (χ3n) is 3.84. The zero-order valence-electron chi connectivity index (χ0n) is 13.1. The number of hydrazine groups is 1. The lowest BCUT2D eigenvalue weighted by molar-refractivity contribution is -0.138. The molecule has 0 fully saturated rings. The van der Waals surface area contributed by atoms with Crippen LogP contribution in [0.3, 0.4) is 0 Å². The van der Waals surface area contributed by atoms with Crippen molar-refractivity contribution in [1.82, 2.24) is 14.8 Å². The zero-order chi connectivity index (χ0) is 16.6. The number of aliphatic carboxylic acids is 1. The van der Waals surface area contributed by atoms with Crippen molar-refractivity contribution in [2.45, 2.75) is 26.7 Å². The molecule has 0 aliphatic carbocycles. The summed E-state index contributed by atoms with van der Waals surface area (Å²) in [6, 6.07) is 0. The maximum absolute atomic E-state index is 12.6. The smallest absolute Gasteiger partial charge is 0.308 e. The van der Waals surface area contributed by atoms with Crippen molar-refractivity contribution in [2.75, 3.05) is 18.6 Å². The molecule has 0 bridgehead atoms. The Morgan fingerprint density at radius 2 is 2.09 bits per heavy atom. The van der Waals surface area contributed by atoms with Gasteiger partial charge in [0.15, 0.2) is 5.15 Å². The van der Waals surface area contributed by atoms with Crippen LogP contribution in [0, 0.1) is 6.92 Å². The van der Waals surface area contributed by atoms with Crippen LogP contribution in [0.4, 0.5) is 5.69 Å². The molecule has 0 radical (unpaired) electrons. The summed E-state index contributed by atoms with van der Waals surface area (Å²) in [5.41, 5.74) is 2.51. The molecule has 1 aromatic rings. The van der Waals surface area contributed by atoms with E-state index in [1.165, 1.54) is 9.69 Å². The zero-order valence-corrected chi connectivity index (χ0v) is 13.8. The van der Waals surface area contributed by atoms with Crippen LogP contribution in [0.2, 0.25) is 5.15 Å². The van der Waals surface area contributed by atoms with Gasteiger partial charge in [0.2, 0.25) is 0 Å². The third kappa shape index (κ3) is 2.81. The largest absolute Gasteiger partial charge is 0.481 e. The van der Waals surface area contributed by atoms with E-state index in [9.17, 15) is 9.59 Å². The van der Waals surface area contributed by atoms with Crippen LogP contribution in [0.5, 0.6) is 0 Å². The van der Waals surface area contributed by atoms with Gasteiger partial charge in [0.05, 0.1) is 12.1 Å². The molecule has 2 rings (SSSR count). The summed E-state index contributed by atoms with van der Waals surface area (Å²) in [5.74, 6) is -1.31. The van der Waals surface area contributed by atoms with Gasteiger partial charge in [0.25, 0.3) is 5.91 Å². The first-order chi connectivity index (χ1) is 10.2. The van der Waals surface area contributed by atoms with Gasteiger partial charge in [-0.05, 0) is 20.3 Å². The average molecular weight is 327 g/mol. The molecule has 0 saturated heterocycles. The fourth-order valence-electron chi connectivity index (χ4n) is 2.64. The lowest BCUT2D eigenvalue weighted by Gasteiger charge is -2.37. The van der Waals surface area contributed by atoms with Crippen molar-refractivity contribution in [3.05, 3.63) is 22.0 Å². The summed E-state index contributed by atoms with van der Waals surface area (Å²) in [6.07, 6.45) is 0.365. The number of aryl methyl sites for hydroxylation is 2. The molecule has 1 N–H and O–H groups in total. The first-order valence-electron chi connectivity index (χ1n) is 6.89. The van der Waals surface area contributed by atoms with E-state index < -0.39 is 5.97 Å². The summed E-state index contributed by atoms with van der Waals surface area (Å²) in [4.78, 5) is 23.6. The Labute approximate surface area is 133 Å². The molecule has 0 unspecified atom stereocenters. The number of nitrogens with zero attached hydrogens (tertiary/aromatic N) is 4. The number of hydrogen-bond acceptors (Lipinski definition) is 4. The van der Waals surface area contributed by atoms with Gasteiger partial charge in [-0.15, -0.1) is 0 Å². The standard InChI is InChI=1S/C14H19ClN4O3/c1-8-5-6-19(14(22)10(8)7-11(20)21)18(4)12-9(2)16-17(3)13(12)15/h5-7H2,1-4H3,(H,20,21). The van der Waals surface area contributed by atoms with E-state index in [-0.39, 0.29) is 12.3 Å². The van der Waals surface area contributed by atoms with Gasteiger partial charge in [0, 0.05) is 26.2 Å². The Bertz CT molecular complexity index is 665. The van der Waals surface area contributed by atoms with Crippen molar-refractivity contribution < 1.29 is 14.7 Å². The van der Waals surface area contributed by atoms with E-state index in [1.54, 1.807) is 26.0 Å². The molecular formula is C14H19ClN4O3. The van der Waals surface area contributed by atoms with Gasteiger partial charge in [0.1, 0.15) is 5.69 Å². The minimum absolute atomic E-state index is 0.269. The molecule has 1 aliphatic heterocycles. The predicted octanol–water partition coefficient (Wildman–Crippen LogP) is 1.76. The van der Waals surface area contributed by atoms with Gasteiger partial charge >= 0.3 is 5.97 Å². The van der Waals surface area contributed by atoms with Gasteiger partial charge in [-0.2, -0.15) is 5.10 Å². The topological polar surface area (TPSA) is 78.7 Å². The maximum Gasteiger partial charge on any atom is 0.308 e. The number of anilines is 1. The van der Waals surface area contributed by atoms with Crippen LogP contribution in [-0.4, -0.2) is 45.4 Å². The highest BCUT2D eigenvalue weighted by molar-refractivity contribution is 6.32. The first kappa shape index (κ1) is 16.4. The van der Waals surface area contributed by atoms with Crippen molar-refractivity contribution in [2.24, 2.45) is 7.05 Å². The molecule has 0 saturated carbocycles. The number of amides is 1. The Hall–Kier alpha value is -2.02. The number of carboxylic acids is 1. The summed E-state index contributed by atoms with van der Waals surface area (Å²) in [6.45, 7) is 4.09. The molecule has 22 heavy (non-hydrogen) atoms. The molecular weight excluding hydrogens is 308 g/mol. The van der Waals surface area contributed by atoms with Crippen LogP contribution in [0.25, 0.3) is 0 Å². The second kappa shape index (κ2) is 6.00. The lowest BCUT2D eigenvalue weighted by atomic mass is 9.99. The molecule has 1 aromatic heterocycles. The molecule has 0 atom stereocenters. The van der Waals surface area contributed by atoms with Crippen LogP contribution in [0.15, 0.2) is 11.1 Å². The van der Waals surface area contributed by atoms with E-state index in [0.717, 1.165) is 5.57 Å². The maximum atomic E-state index is 12.6. The lowest BCUT2D eigenvalue weighted by Crippen LogP contribution is -2.48. The SMILES string of the molecule is CC1=C(CC(=O)O)C(=O)N(N(C)c2c(C)nn(C)c2Cl)CC1. The van der Waals surface area contributed by atoms with E-state index in [2.05, 4.69) is 5.10 Å². The molecule has 120 valence electrons. The molecule has 1 amide bonds. The number of aromatic nitrogens is 2. The molecule has 0 spiro atoms. The molecule has 0 aromatic carbocycles. The van der Waals surface area contributed by atoms with E-state index in [0.29, 0.717) is 35.1 Å². The molecule has 8 heteroatoms. The van der Waals surface area contributed by atoms with Crippen molar-refractivity contribution in [1.29, 1.82) is 0 Å². The number of carbonyl (C=O) groups excluding carboxylic acids is 1. The van der Waals surface area contributed by atoms with Crippen molar-refractivity contribution in [3.8, 4) is 0 Å². The fraction of sp³-hybridized carbons (Fsp3) is 0.500. The fourth-order valence-corrected chi connectivity index (χ4v) is 2.93. The molecule has 7 nitrogen and oxygen atoms in total. The van der Waals surface area contributed by atoms with E-state index in [1.807, 2.05) is 6.92 Å². The Balaban J connectivity index is 2.34. The second-order valence-electron chi connectivity index (χ2n) is 5.38. The summed E-state index contributed by atoms with van der Waals surface area (Å²) in [7, 11) is 3.46. The number of hydrogen-bond donors (Lipinski definition) is 1. The number of rotatable bonds is 4.